The highest BCUT2D eigenvalue weighted by Crippen LogP contribution is 2.38. The van der Waals surface area contributed by atoms with Crippen LogP contribution in [0.15, 0.2) is 95.1 Å². The van der Waals surface area contributed by atoms with Crippen LogP contribution < -0.4 is 5.32 Å². The molecule has 0 saturated heterocycles. The summed E-state index contributed by atoms with van der Waals surface area (Å²) in [4.78, 5) is 19.3. The van der Waals surface area contributed by atoms with Gasteiger partial charge >= 0.3 is 6.03 Å². The molecule has 5 rings (SSSR count). The van der Waals surface area contributed by atoms with Crippen molar-refractivity contribution in [1.29, 1.82) is 0 Å². The van der Waals surface area contributed by atoms with Crippen molar-refractivity contribution in [3.63, 3.8) is 0 Å². The second kappa shape index (κ2) is 8.70. The molecule has 4 aromatic rings. The standard InChI is InChI=1S/C26H21FN4O2/c1-17-22(25-29-24(30-33-25)19-11-6-3-7-12-19)23(20-13-8-14-21(27)15-20)28-26(32)31(17)16-18-9-4-2-5-10-18/h2-15,23H,16H2,1H3,(H,28,32). The minimum Gasteiger partial charge on any atom is -0.334 e. The van der Waals surface area contributed by atoms with Gasteiger partial charge in [0.2, 0.25) is 5.82 Å². The lowest BCUT2D eigenvalue weighted by molar-refractivity contribution is 0.203. The average molecular weight is 440 g/mol. The number of rotatable bonds is 5. The second-order valence-electron chi connectivity index (χ2n) is 7.80. The fourth-order valence-corrected chi connectivity index (χ4v) is 3.99. The molecular weight excluding hydrogens is 419 g/mol. The van der Waals surface area contributed by atoms with Gasteiger partial charge in [0.15, 0.2) is 0 Å². The van der Waals surface area contributed by atoms with Crippen molar-refractivity contribution < 1.29 is 13.7 Å². The quantitative estimate of drug-likeness (QED) is 0.440. The number of halogens is 1. The van der Waals surface area contributed by atoms with Crippen LogP contribution in [0.3, 0.4) is 0 Å². The lowest BCUT2D eigenvalue weighted by Crippen LogP contribution is -2.45. The predicted molar refractivity (Wildman–Crippen MR) is 122 cm³/mol. The van der Waals surface area contributed by atoms with Crippen LogP contribution in [0.4, 0.5) is 9.18 Å². The Balaban J connectivity index is 1.61. The Hall–Kier alpha value is -4.26. The van der Waals surface area contributed by atoms with Crippen molar-refractivity contribution in [1.82, 2.24) is 20.4 Å². The van der Waals surface area contributed by atoms with Gasteiger partial charge in [0, 0.05) is 11.3 Å². The minimum absolute atomic E-state index is 0.277. The lowest BCUT2D eigenvalue weighted by atomic mass is 9.94. The van der Waals surface area contributed by atoms with E-state index in [2.05, 4.69) is 15.5 Å². The topological polar surface area (TPSA) is 71.3 Å². The maximum Gasteiger partial charge on any atom is 0.322 e. The first-order chi connectivity index (χ1) is 16.1. The van der Waals surface area contributed by atoms with Crippen LogP contribution in [0.5, 0.6) is 0 Å². The Bertz CT molecular complexity index is 1320. The molecule has 0 aliphatic carbocycles. The summed E-state index contributed by atoms with van der Waals surface area (Å²) in [6.07, 6.45) is 0. The second-order valence-corrected chi connectivity index (χ2v) is 7.80. The van der Waals surface area contributed by atoms with E-state index in [0.29, 0.717) is 29.2 Å². The van der Waals surface area contributed by atoms with Crippen molar-refractivity contribution in [3.05, 3.63) is 113 Å². The summed E-state index contributed by atoms with van der Waals surface area (Å²) in [6, 6.07) is 24.4. The molecule has 1 aliphatic heterocycles. The van der Waals surface area contributed by atoms with E-state index in [1.54, 1.807) is 17.0 Å². The lowest BCUT2D eigenvalue weighted by Gasteiger charge is -2.35. The smallest absolute Gasteiger partial charge is 0.322 e. The highest BCUT2D eigenvalue weighted by atomic mass is 19.1. The van der Waals surface area contributed by atoms with Gasteiger partial charge in [-0.1, -0.05) is 78.0 Å². The Morgan fingerprint density at radius 3 is 2.45 bits per heavy atom. The molecule has 1 atom stereocenters. The van der Waals surface area contributed by atoms with Crippen molar-refractivity contribution in [2.75, 3.05) is 0 Å². The number of aromatic nitrogens is 2. The summed E-state index contributed by atoms with van der Waals surface area (Å²) >= 11 is 0. The van der Waals surface area contributed by atoms with E-state index in [4.69, 9.17) is 4.52 Å². The highest BCUT2D eigenvalue weighted by Gasteiger charge is 2.36. The average Bonchev–Trinajstić information content (AvgIpc) is 3.32. The zero-order chi connectivity index (χ0) is 22.8. The number of nitrogens with zero attached hydrogens (tertiary/aromatic N) is 3. The number of carbonyl (C=O) groups excluding carboxylic acids is 1. The van der Waals surface area contributed by atoms with Gasteiger partial charge in [0.05, 0.1) is 18.2 Å². The first-order valence-corrected chi connectivity index (χ1v) is 10.6. The van der Waals surface area contributed by atoms with Gasteiger partial charge in [-0.15, -0.1) is 0 Å². The normalized spacial score (nSPS) is 16.1. The van der Waals surface area contributed by atoms with Gasteiger partial charge in [-0.2, -0.15) is 4.98 Å². The predicted octanol–water partition coefficient (Wildman–Crippen LogP) is 5.57. The summed E-state index contributed by atoms with van der Waals surface area (Å²) in [5.41, 5.74) is 3.68. The van der Waals surface area contributed by atoms with Crippen LogP contribution in [-0.4, -0.2) is 21.1 Å². The molecule has 3 aromatic carbocycles. The fourth-order valence-electron chi connectivity index (χ4n) is 3.99. The molecule has 6 nitrogen and oxygen atoms in total. The Morgan fingerprint density at radius 1 is 1.00 bits per heavy atom. The third-order valence-corrected chi connectivity index (χ3v) is 5.65. The van der Waals surface area contributed by atoms with Gasteiger partial charge < -0.3 is 9.84 Å². The molecule has 33 heavy (non-hydrogen) atoms. The number of nitrogens with one attached hydrogen (secondary N) is 1. The number of benzene rings is 3. The third kappa shape index (κ3) is 4.13. The Kier molecular flexibility index (Phi) is 5.44. The summed E-state index contributed by atoms with van der Waals surface area (Å²) in [5, 5.41) is 7.14. The molecule has 0 radical (unpaired) electrons. The van der Waals surface area contributed by atoms with Crippen LogP contribution in [0.25, 0.3) is 17.0 Å². The van der Waals surface area contributed by atoms with Crippen molar-refractivity contribution in [2.45, 2.75) is 19.5 Å². The van der Waals surface area contributed by atoms with Gasteiger partial charge in [-0.25, -0.2) is 9.18 Å². The summed E-state index contributed by atoms with van der Waals surface area (Å²) in [5.74, 6) is 0.329. The number of hydrogen-bond donors (Lipinski definition) is 1. The van der Waals surface area contributed by atoms with Crippen molar-refractivity contribution in [2.24, 2.45) is 0 Å². The van der Waals surface area contributed by atoms with Gasteiger partial charge in [0.1, 0.15) is 5.82 Å². The molecule has 1 aromatic heterocycles. The van der Waals surface area contributed by atoms with Crippen LogP contribution in [0, 0.1) is 5.82 Å². The highest BCUT2D eigenvalue weighted by molar-refractivity contribution is 5.86. The molecule has 2 heterocycles. The summed E-state index contributed by atoms with van der Waals surface area (Å²) in [7, 11) is 0. The van der Waals surface area contributed by atoms with Crippen LogP contribution in [0.2, 0.25) is 0 Å². The Morgan fingerprint density at radius 2 is 1.73 bits per heavy atom. The summed E-state index contributed by atoms with van der Waals surface area (Å²) < 4.78 is 19.7. The fraction of sp³-hybridized carbons (Fsp3) is 0.115. The van der Waals surface area contributed by atoms with E-state index in [1.165, 1.54) is 12.1 Å². The molecule has 1 unspecified atom stereocenters. The van der Waals surface area contributed by atoms with E-state index in [9.17, 15) is 9.18 Å². The van der Waals surface area contributed by atoms with E-state index in [0.717, 1.165) is 11.1 Å². The maximum absolute atomic E-state index is 14.0. The molecule has 0 fully saturated rings. The largest absolute Gasteiger partial charge is 0.334 e. The van der Waals surface area contributed by atoms with E-state index in [-0.39, 0.29) is 17.7 Å². The number of amides is 2. The molecule has 1 aliphatic rings. The van der Waals surface area contributed by atoms with Crippen LogP contribution in [-0.2, 0) is 6.54 Å². The molecule has 1 N–H and O–H groups in total. The monoisotopic (exact) mass is 440 g/mol. The first-order valence-electron chi connectivity index (χ1n) is 10.6. The van der Waals surface area contributed by atoms with E-state index in [1.807, 2.05) is 67.6 Å². The van der Waals surface area contributed by atoms with Gasteiger partial charge in [-0.3, -0.25) is 4.90 Å². The summed E-state index contributed by atoms with van der Waals surface area (Å²) in [6.45, 7) is 2.22. The van der Waals surface area contributed by atoms with E-state index >= 15 is 0 Å². The SMILES string of the molecule is CC1=C(c2nc(-c3ccccc3)no2)C(c2cccc(F)c2)NC(=O)N1Cc1ccccc1. The molecule has 0 spiro atoms. The molecule has 0 saturated carbocycles. The number of hydrogen-bond acceptors (Lipinski definition) is 4. The molecule has 0 bridgehead atoms. The molecule has 2 amide bonds. The van der Waals surface area contributed by atoms with Crippen LogP contribution in [0.1, 0.15) is 30.0 Å². The number of carbonyl (C=O) groups is 1. The van der Waals surface area contributed by atoms with Gasteiger partial charge in [0.25, 0.3) is 5.89 Å². The number of allylic oxidation sites excluding steroid dienone is 1. The molecule has 164 valence electrons. The zero-order valence-electron chi connectivity index (χ0n) is 17.9. The van der Waals surface area contributed by atoms with Crippen LogP contribution >= 0.6 is 0 Å². The number of urea groups is 1. The van der Waals surface area contributed by atoms with Gasteiger partial charge in [-0.05, 0) is 30.2 Å². The first kappa shape index (κ1) is 20.6. The van der Waals surface area contributed by atoms with Crippen molar-refractivity contribution >= 4 is 11.6 Å². The zero-order valence-corrected chi connectivity index (χ0v) is 17.9. The third-order valence-electron chi connectivity index (χ3n) is 5.65. The van der Waals surface area contributed by atoms with E-state index < -0.39 is 6.04 Å². The van der Waals surface area contributed by atoms with Crippen molar-refractivity contribution in [3.8, 4) is 11.4 Å². The molecular formula is C26H21FN4O2. The molecule has 7 heteroatoms. The minimum atomic E-state index is -0.635. The Labute approximate surface area is 190 Å². The maximum atomic E-state index is 14.0.